The summed E-state index contributed by atoms with van der Waals surface area (Å²) in [4.78, 5) is 0. The fourth-order valence-corrected chi connectivity index (χ4v) is 4.42. The first kappa shape index (κ1) is 17.0. The molecule has 1 aliphatic carbocycles. The van der Waals surface area contributed by atoms with E-state index in [0.29, 0.717) is 5.92 Å². The Bertz CT molecular complexity index is 1160. The van der Waals surface area contributed by atoms with Crippen LogP contribution >= 0.6 is 0 Å². The SMILES string of the molecule is CCC(C)c1ccc2c(c1)-c1ccccc1-c1ccccc1-c1ccccc1-2. The molecule has 0 bridgehead atoms. The lowest BCUT2D eigenvalue weighted by molar-refractivity contribution is 0.734. The zero-order valence-electron chi connectivity index (χ0n) is 16.4. The Morgan fingerprint density at radius 2 is 0.857 bits per heavy atom. The maximum atomic E-state index is 2.42. The summed E-state index contributed by atoms with van der Waals surface area (Å²) in [6.45, 7) is 4.58. The normalized spacial score (nSPS) is 12.6. The van der Waals surface area contributed by atoms with E-state index in [0.717, 1.165) is 6.42 Å². The van der Waals surface area contributed by atoms with Crippen LogP contribution in [0.1, 0.15) is 31.7 Å². The molecule has 0 fully saturated rings. The average Bonchev–Trinajstić information content (AvgIpc) is 2.77. The Balaban J connectivity index is 1.92. The fraction of sp³-hybridized carbons (Fsp3) is 0.143. The van der Waals surface area contributed by atoms with Gasteiger partial charge in [-0.25, -0.2) is 0 Å². The van der Waals surface area contributed by atoms with Gasteiger partial charge in [0.05, 0.1) is 0 Å². The van der Waals surface area contributed by atoms with Gasteiger partial charge in [0.25, 0.3) is 0 Å². The molecule has 1 unspecified atom stereocenters. The molecule has 0 radical (unpaired) electrons. The van der Waals surface area contributed by atoms with Crippen LogP contribution in [0.2, 0.25) is 0 Å². The molecule has 4 aromatic rings. The standard InChI is InChI=1S/C28H24/c1-3-19(2)20-16-17-27-25-14-7-6-12-23(25)21-10-4-5-11-22(21)24-13-8-9-15-26(24)28(27)18-20/h4-19H,3H2,1-2H3. The minimum atomic E-state index is 0.561. The highest BCUT2D eigenvalue weighted by atomic mass is 14.2. The maximum absolute atomic E-state index is 2.42. The Labute approximate surface area is 167 Å². The zero-order valence-corrected chi connectivity index (χ0v) is 16.4. The molecule has 0 aliphatic heterocycles. The molecule has 0 N–H and O–H groups in total. The first-order valence-electron chi connectivity index (χ1n) is 10.2. The second-order valence-electron chi connectivity index (χ2n) is 7.75. The van der Waals surface area contributed by atoms with Crippen molar-refractivity contribution in [2.24, 2.45) is 0 Å². The molecule has 1 aliphatic rings. The van der Waals surface area contributed by atoms with Crippen molar-refractivity contribution in [3.8, 4) is 44.5 Å². The minimum Gasteiger partial charge on any atom is -0.0648 e. The molecule has 4 aromatic carbocycles. The van der Waals surface area contributed by atoms with Crippen LogP contribution in [-0.4, -0.2) is 0 Å². The van der Waals surface area contributed by atoms with Gasteiger partial charge in [-0.2, -0.15) is 0 Å². The van der Waals surface area contributed by atoms with Crippen molar-refractivity contribution in [2.45, 2.75) is 26.2 Å². The monoisotopic (exact) mass is 360 g/mol. The molecular weight excluding hydrogens is 336 g/mol. The van der Waals surface area contributed by atoms with Crippen molar-refractivity contribution < 1.29 is 0 Å². The Morgan fingerprint density at radius 1 is 0.500 bits per heavy atom. The van der Waals surface area contributed by atoms with Crippen LogP contribution in [0, 0.1) is 0 Å². The van der Waals surface area contributed by atoms with E-state index in [2.05, 4.69) is 105 Å². The molecule has 0 nitrogen and oxygen atoms in total. The molecule has 0 spiro atoms. The summed E-state index contributed by atoms with van der Waals surface area (Å²) in [5, 5.41) is 0. The van der Waals surface area contributed by atoms with Crippen molar-refractivity contribution in [1.29, 1.82) is 0 Å². The Hall–Kier alpha value is -3.12. The summed E-state index contributed by atoms with van der Waals surface area (Å²) >= 11 is 0. The van der Waals surface area contributed by atoms with Gasteiger partial charge in [-0.15, -0.1) is 0 Å². The van der Waals surface area contributed by atoms with Crippen molar-refractivity contribution >= 4 is 0 Å². The highest BCUT2D eigenvalue weighted by molar-refractivity contribution is 6.03. The van der Waals surface area contributed by atoms with Gasteiger partial charge in [-0.1, -0.05) is 105 Å². The lowest BCUT2D eigenvalue weighted by atomic mass is 9.80. The summed E-state index contributed by atoms with van der Waals surface area (Å²) in [5.74, 6) is 0.561. The predicted octanol–water partition coefficient (Wildman–Crippen LogP) is 8.18. The summed E-state index contributed by atoms with van der Waals surface area (Å²) in [7, 11) is 0. The first-order chi connectivity index (χ1) is 13.8. The van der Waals surface area contributed by atoms with Crippen LogP contribution in [-0.2, 0) is 0 Å². The Kier molecular flexibility index (Phi) is 4.13. The molecule has 0 amide bonds. The van der Waals surface area contributed by atoms with Gasteiger partial charge in [-0.05, 0) is 62.4 Å². The summed E-state index contributed by atoms with van der Waals surface area (Å²) < 4.78 is 0. The van der Waals surface area contributed by atoms with E-state index in [1.165, 1.54) is 50.1 Å². The third-order valence-electron chi connectivity index (χ3n) is 6.17. The average molecular weight is 361 g/mol. The lowest BCUT2D eigenvalue weighted by Gasteiger charge is -2.24. The van der Waals surface area contributed by atoms with E-state index in [9.17, 15) is 0 Å². The highest BCUT2D eigenvalue weighted by Crippen LogP contribution is 2.47. The van der Waals surface area contributed by atoms with Crippen LogP contribution in [0.4, 0.5) is 0 Å². The molecule has 5 rings (SSSR count). The van der Waals surface area contributed by atoms with Gasteiger partial charge in [0.15, 0.2) is 0 Å². The minimum absolute atomic E-state index is 0.561. The molecule has 0 heterocycles. The molecule has 1 atom stereocenters. The van der Waals surface area contributed by atoms with E-state index in [-0.39, 0.29) is 0 Å². The fourth-order valence-electron chi connectivity index (χ4n) is 4.42. The van der Waals surface area contributed by atoms with Crippen LogP contribution in [0.25, 0.3) is 44.5 Å². The van der Waals surface area contributed by atoms with Gasteiger partial charge in [-0.3, -0.25) is 0 Å². The summed E-state index contributed by atoms with van der Waals surface area (Å²) in [6.07, 6.45) is 1.15. The number of fused-ring (bicyclic) bond motifs is 8. The third-order valence-corrected chi connectivity index (χ3v) is 6.17. The predicted molar refractivity (Wildman–Crippen MR) is 120 cm³/mol. The number of benzene rings is 4. The molecule has 0 heteroatoms. The number of hydrogen-bond donors (Lipinski definition) is 0. The number of rotatable bonds is 2. The highest BCUT2D eigenvalue weighted by Gasteiger charge is 2.21. The van der Waals surface area contributed by atoms with E-state index in [1.807, 2.05) is 0 Å². The van der Waals surface area contributed by atoms with Gasteiger partial charge >= 0.3 is 0 Å². The third kappa shape index (κ3) is 2.60. The van der Waals surface area contributed by atoms with Crippen LogP contribution in [0.3, 0.4) is 0 Å². The second-order valence-corrected chi connectivity index (χ2v) is 7.75. The molecule has 0 saturated heterocycles. The van der Waals surface area contributed by atoms with Crippen molar-refractivity contribution in [3.63, 3.8) is 0 Å². The molecule has 0 saturated carbocycles. The van der Waals surface area contributed by atoms with Crippen molar-refractivity contribution in [3.05, 3.63) is 96.6 Å². The van der Waals surface area contributed by atoms with Crippen molar-refractivity contribution in [1.82, 2.24) is 0 Å². The van der Waals surface area contributed by atoms with E-state index < -0.39 is 0 Å². The maximum Gasteiger partial charge on any atom is -0.00961 e. The van der Waals surface area contributed by atoms with Crippen LogP contribution < -0.4 is 0 Å². The van der Waals surface area contributed by atoms with Gasteiger partial charge in [0.2, 0.25) is 0 Å². The smallest absolute Gasteiger partial charge is 0.00961 e. The Morgan fingerprint density at radius 3 is 1.25 bits per heavy atom. The molecular formula is C28H24. The first-order valence-corrected chi connectivity index (χ1v) is 10.2. The lowest BCUT2D eigenvalue weighted by Crippen LogP contribution is -1.99. The molecule has 28 heavy (non-hydrogen) atoms. The molecule has 136 valence electrons. The van der Waals surface area contributed by atoms with Gasteiger partial charge < -0.3 is 0 Å². The van der Waals surface area contributed by atoms with Gasteiger partial charge in [0.1, 0.15) is 0 Å². The van der Waals surface area contributed by atoms with E-state index >= 15 is 0 Å². The second kappa shape index (κ2) is 6.80. The van der Waals surface area contributed by atoms with Gasteiger partial charge in [0, 0.05) is 0 Å². The quantitative estimate of drug-likeness (QED) is 0.298. The van der Waals surface area contributed by atoms with Crippen LogP contribution in [0.5, 0.6) is 0 Å². The van der Waals surface area contributed by atoms with Crippen LogP contribution in [0.15, 0.2) is 91.0 Å². The van der Waals surface area contributed by atoms with E-state index in [4.69, 9.17) is 0 Å². The summed E-state index contributed by atoms with van der Waals surface area (Å²) in [5.41, 5.74) is 12.0. The molecule has 0 aromatic heterocycles. The zero-order chi connectivity index (χ0) is 19.1. The van der Waals surface area contributed by atoms with Crippen molar-refractivity contribution in [2.75, 3.05) is 0 Å². The van der Waals surface area contributed by atoms with E-state index in [1.54, 1.807) is 0 Å². The largest absolute Gasteiger partial charge is 0.0648 e. The summed E-state index contributed by atoms with van der Waals surface area (Å²) in [6, 6.07) is 33.6. The topological polar surface area (TPSA) is 0 Å². The number of hydrogen-bond acceptors (Lipinski definition) is 0.